The molecule has 1 aromatic heterocycles. The molecule has 0 radical (unpaired) electrons. The minimum absolute atomic E-state index is 0.228. The molecule has 1 unspecified atom stereocenters. The van der Waals surface area contributed by atoms with Crippen LogP contribution >= 0.6 is 43.6 Å². The number of aryl methyl sites for hydroxylation is 1. The summed E-state index contributed by atoms with van der Waals surface area (Å²) >= 11 is 8.81. The van der Waals surface area contributed by atoms with E-state index in [1.165, 1.54) is 0 Å². The lowest BCUT2D eigenvalue weighted by atomic mass is 9.94. The van der Waals surface area contributed by atoms with Crippen molar-refractivity contribution in [1.82, 2.24) is 14.8 Å². The maximum Gasteiger partial charge on any atom is 0.255 e. The van der Waals surface area contributed by atoms with Crippen LogP contribution in [0.4, 0.5) is 11.6 Å². The zero-order valence-electron chi connectivity index (χ0n) is 24.4. The first-order valence-corrected chi connectivity index (χ1v) is 16.6. The number of aromatic nitrogens is 3. The number of carbonyl (C=O) groups excluding carboxylic acids is 1. The number of thioether (sulfide) groups is 1. The standard InChI is InChI=1S/C32H33Br2N5O3S/c1-5-14-43-32-37-31-35-20(4)27(30(40)36-24-9-7-8-19(3)15-24)28(39(31)38-32)22-16-25(34)29(26(17-22)41-6-2)42-18-21-10-12-23(33)13-11-21/h7-13,15-17,28H,5-6,14,18H2,1-4H3,(H,36,40)(H,35,37,38). The van der Waals surface area contributed by atoms with Gasteiger partial charge in [0, 0.05) is 21.6 Å². The van der Waals surface area contributed by atoms with E-state index in [-0.39, 0.29) is 5.91 Å². The Balaban J connectivity index is 1.56. The number of hydrogen-bond donors (Lipinski definition) is 2. The van der Waals surface area contributed by atoms with Crippen LogP contribution in [0.3, 0.4) is 0 Å². The van der Waals surface area contributed by atoms with Gasteiger partial charge in [0.15, 0.2) is 11.5 Å². The first-order valence-electron chi connectivity index (χ1n) is 14.1. The Morgan fingerprint density at radius 3 is 2.58 bits per heavy atom. The molecule has 43 heavy (non-hydrogen) atoms. The van der Waals surface area contributed by atoms with E-state index in [4.69, 9.17) is 19.6 Å². The SMILES string of the molecule is CCCSc1nc2n(n1)C(c1cc(Br)c(OCc3ccc(Br)cc3)c(OCC)c1)C(C(=O)Nc1cccc(C)c1)=C(C)N2. The second kappa shape index (κ2) is 14.0. The lowest BCUT2D eigenvalue weighted by molar-refractivity contribution is -0.113. The highest BCUT2D eigenvalue weighted by atomic mass is 79.9. The predicted molar refractivity (Wildman–Crippen MR) is 179 cm³/mol. The van der Waals surface area contributed by atoms with Gasteiger partial charge in [-0.1, -0.05) is 58.9 Å². The molecule has 5 rings (SSSR count). The number of benzene rings is 3. The van der Waals surface area contributed by atoms with Gasteiger partial charge in [-0.3, -0.25) is 4.79 Å². The first kappa shape index (κ1) is 31.2. The summed E-state index contributed by atoms with van der Waals surface area (Å²) in [6.45, 7) is 8.75. The number of carbonyl (C=O) groups is 1. The van der Waals surface area contributed by atoms with E-state index < -0.39 is 6.04 Å². The molecule has 2 N–H and O–H groups in total. The maximum absolute atomic E-state index is 14.0. The molecule has 0 aliphatic carbocycles. The highest BCUT2D eigenvalue weighted by Crippen LogP contribution is 2.43. The Labute approximate surface area is 272 Å². The Kier molecular flexibility index (Phi) is 10.1. The third-order valence-corrected chi connectivity index (χ3v) is 8.89. The van der Waals surface area contributed by atoms with Crippen molar-refractivity contribution in [3.05, 3.63) is 97.6 Å². The third kappa shape index (κ3) is 7.27. The van der Waals surface area contributed by atoms with Gasteiger partial charge >= 0.3 is 0 Å². The van der Waals surface area contributed by atoms with E-state index in [1.54, 1.807) is 16.4 Å². The number of allylic oxidation sites excluding steroid dienone is 1. The molecule has 8 nitrogen and oxygen atoms in total. The predicted octanol–water partition coefficient (Wildman–Crippen LogP) is 8.52. The van der Waals surface area contributed by atoms with Gasteiger partial charge in [0.25, 0.3) is 5.91 Å². The van der Waals surface area contributed by atoms with Crippen molar-refractivity contribution >= 4 is 61.2 Å². The summed E-state index contributed by atoms with van der Waals surface area (Å²) in [5, 5.41) is 11.9. The number of nitrogens with zero attached hydrogens (tertiary/aromatic N) is 3. The summed E-state index contributed by atoms with van der Waals surface area (Å²) in [6, 6.07) is 19.1. The molecule has 0 fully saturated rings. The molecule has 0 saturated carbocycles. The van der Waals surface area contributed by atoms with Crippen LogP contribution in [-0.2, 0) is 11.4 Å². The normalized spacial score (nSPS) is 14.2. The van der Waals surface area contributed by atoms with Crippen LogP contribution in [0, 0.1) is 6.92 Å². The Morgan fingerprint density at radius 2 is 1.86 bits per heavy atom. The second-order valence-corrected chi connectivity index (χ2v) is 12.9. The lowest BCUT2D eigenvalue weighted by Gasteiger charge is -2.29. The number of anilines is 2. The summed E-state index contributed by atoms with van der Waals surface area (Å²) in [7, 11) is 0. The number of amides is 1. The number of halogens is 2. The van der Waals surface area contributed by atoms with Crippen LogP contribution in [-0.4, -0.2) is 33.0 Å². The average molecular weight is 728 g/mol. The molecule has 2 heterocycles. The molecule has 1 atom stereocenters. The Morgan fingerprint density at radius 1 is 1.07 bits per heavy atom. The van der Waals surface area contributed by atoms with Crippen LogP contribution in [0.1, 0.15) is 49.9 Å². The van der Waals surface area contributed by atoms with E-state index >= 15 is 0 Å². The monoisotopic (exact) mass is 725 g/mol. The molecule has 1 aliphatic heterocycles. The van der Waals surface area contributed by atoms with Crippen molar-refractivity contribution in [3.63, 3.8) is 0 Å². The summed E-state index contributed by atoms with van der Waals surface area (Å²) in [5.74, 6) is 2.41. The van der Waals surface area contributed by atoms with E-state index in [0.29, 0.717) is 51.6 Å². The molecule has 1 aliphatic rings. The zero-order valence-corrected chi connectivity index (χ0v) is 28.4. The molecular weight excluding hydrogens is 694 g/mol. The van der Waals surface area contributed by atoms with Crippen LogP contribution in [0.2, 0.25) is 0 Å². The van der Waals surface area contributed by atoms with Crippen LogP contribution in [0.15, 0.2) is 86.0 Å². The Hall–Kier alpha value is -3.28. The van der Waals surface area contributed by atoms with Crippen molar-refractivity contribution in [3.8, 4) is 11.5 Å². The first-order chi connectivity index (χ1) is 20.8. The van der Waals surface area contributed by atoms with E-state index in [2.05, 4.69) is 49.4 Å². The fourth-order valence-electron chi connectivity index (χ4n) is 4.79. The van der Waals surface area contributed by atoms with Crippen molar-refractivity contribution in [1.29, 1.82) is 0 Å². The summed E-state index contributed by atoms with van der Waals surface area (Å²) < 4.78 is 15.9. The van der Waals surface area contributed by atoms with Gasteiger partial charge in [0.05, 0.1) is 16.7 Å². The van der Waals surface area contributed by atoms with Gasteiger partial charge < -0.3 is 20.1 Å². The van der Waals surface area contributed by atoms with Gasteiger partial charge in [-0.2, -0.15) is 4.98 Å². The second-order valence-electron chi connectivity index (χ2n) is 10.1. The molecule has 3 aromatic carbocycles. The van der Waals surface area contributed by atoms with Crippen LogP contribution in [0.25, 0.3) is 0 Å². The molecule has 11 heteroatoms. The van der Waals surface area contributed by atoms with Crippen molar-refractivity contribution < 1.29 is 14.3 Å². The number of nitrogens with one attached hydrogen (secondary N) is 2. The molecule has 1 amide bonds. The lowest BCUT2D eigenvalue weighted by Crippen LogP contribution is -2.31. The number of fused-ring (bicyclic) bond motifs is 1. The maximum atomic E-state index is 14.0. The van der Waals surface area contributed by atoms with Gasteiger partial charge in [-0.15, -0.1) is 5.10 Å². The quantitative estimate of drug-likeness (QED) is 0.150. The summed E-state index contributed by atoms with van der Waals surface area (Å²) in [4.78, 5) is 18.7. The Bertz CT molecular complexity index is 1660. The molecular formula is C32H33Br2N5O3S. The fraction of sp³-hybridized carbons (Fsp3) is 0.281. The number of rotatable bonds is 11. The zero-order chi connectivity index (χ0) is 30.5. The minimum Gasteiger partial charge on any atom is -0.490 e. The topological polar surface area (TPSA) is 90.3 Å². The van der Waals surface area contributed by atoms with E-state index in [0.717, 1.165) is 39.0 Å². The fourth-order valence-corrected chi connectivity index (χ4v) is 6.32. The van der Waals surface area contributed by atoms with Crippen molar-refractivity contribution in [2.75, 3.05) is 23.0 Å². The highest BCUT2D eigenvalue weighted by Gasteiger charge is 2.35. The largest absolute Gasteiger partial charge is 0.490 e. The minimum atomic E-state index is -0.569. The van der Waals surface area contributed by atoms with Crippen LogP contribution in [0.5, 0.6) is 11.5 Å². The molecule has 0 saturated heterocycles. The van der Waals surface area contributed by atoms with E-state index in [1.807, 2.05) is 81.4 Å². The van der Waals surface area contributed by atoms with Gasteiger partial charge in [0.1, 0.15) is 12.6 Å². The molecule has 224 valence electrons. The third-order valence-electron chi connectivity index (χ3n) is 6.73. The molecule has 0 bridgehead atoms. The van der Waals surface area contributed by atoms with Gasteiger partial charge in [-0.25, -0.2) is 4.68 Å². The highest BCUT2D eigenvalue weighted by molar-refractivity contribution is 9.10. The number of ether oxygens (including phenoxy) is 2. The van der Waals surface area contributed by atoms with Crippen molar-refractivity contribution in [2.45, 2.75) is 51.9 Å². The molecule has 0 spiro atoms. The molecule has 4 aromatic rings. The van der Waals surface area contributed by atoms with Gasteiger partial charge in [-0.05, 0) is 96.2 Å². The average Bonchev–Trinajstić information content (AvgIpc) is 3.38. The summed E-state index contributed by atoms with van der Waals surface area (Å²) in [6.07, 6.45) is 0.999. The van der Waals surface area contributed by atoms with Crippen molar-refractivity contribution in [2.24, 2.45) is 0 Å². The summed E-state index contributed by atoms with van der Waals surface area (Å²) in [5.41, 5.74) is 4.84. The number of hydrogen-bond acceptors (Lipinski definition) is 7. The smallest absolute Gasteiger partial charge is 0.255 e. The van der Waals surface area contributed by atoms with Crippen LogP contribution < -0.4 is 20.1 Å². The van der Waals surface area contributed by atoms with Gasteiger partial charge in [0.2, 0.25) is 11.1 Å². The van der Waals surface area contributed by atoms with E-state index in [9.17, 15) is 4.79 Å².